The maximum atomic E-state index is 14.5. The van der Waals surface area contributed by atoms with Crippen LogP contribution in [0.3, 0.4) is 0 Å². The summed E-state index contributed by atoms with van der Waals surface area (Å²) in [6.07, 6.45) is 3.01. The van der Waals surface area contributed by atoms with Crippen molar-refractivity contribution in [3.8, 4) is 11.3 Å². The molecule has 1 heterocycles. The van der Waals surface area contributed by atoms with Crippen molar-refractivity contribution >= 4 is 17.7 Å². The van der Waals surface area contributed by atoms with Gasteiger partial charge < -0.3 is 0 Å². The number of hydrogen-bond donors (Lipinski definition) is 0. The Labute approximate surface area is 142 Å². The number of pyridine rings is 1. The predicted octanol–water partition coefficient (Wildman–Crippen LogP) is 5.33. The van der Waals surface area contributed by atoms with Crippen molar-refractivity contribution in [2.24, 2.45) is 5.41 Å². The fourth-order valence-corrected chi connectivity index (χ4v) is 6.19. The molecule has 23 heavy (non-hydrogen) atoms. The van der Waals surface area contributed by atoms with E-state index in [0.717, 1.165) is 12.1 Å². The second-order valence-corrected chi connectivity index (χ2v) is 19.2. The quantitative estimate of drug-likeness (QED) is 0.662. The van der Waals surface area contributed by atoms with Crippen LogP contribution >= 0.6 is 0 Å². The molecular formula is C20H28FGeN. The van der Waals surface area contributed by atoms with E-state index in [9.17, 15) is 4.39 Å². The first-order valence-electron chi connectivity index (χ1n) is 8.24. The summed E-state index contributed by atoms with van der Waals surface area (Å²) in [6.45, 7) is 8.55. The molecule has 0 fully saturated rings. The fourth-order valence-electron chi connectivity index (χ4n) is 2.88. The molecule has 1 aromatic carbocycles. The van der Waals surface area contributed by atoms with Crippen LogP contribution < -0.4 is 4.40 Å². The molecule has 0 N–H and O–H groups in total. The summed E-state index contributed by atoms with van der Waals surface area (Å²) in [6, 6.07) is 7.64. The molecule has 124 valence electrons. The van der Waals surface area contributed by atoms with Gasteiger partial charge in [-0.15, -0.1) is 0 Å². The van der Waals surface area contributed by atoms with E-state index in [1.165, 1.54) is 9.96 Å². The van der Waals surface area contributed by atoms with Gasteiger partial charge in [-0.2, -0.15) is 0 Å². The van der Waals surface area contributed by atoms with Crippen LogP contribution in [-0.2, 0) is 6.42 Å². The first-order valence-corrected chi connectivity index (χ1v) is 15.6. The fraction of sp³-hybridized carbons (Fsp3) is 0.450. The van der Waals surface area contributed by atoms with Gasteiger partial charge in [-0.25, -0.2) is 0 Å². The van der Waals surface area contributed by atoms with Gasteiger partial charge in [0.1, 0.15) is 0 Å². The summed E-state index contributed by atoms with van der Waals surface area (Å²) in [5.41, 5.74) is 3.57. The second-order valence-electron chi connectivity index (χ2n) is 8.65. The number of nitrogens with zero attached hydrogens (tertiary/aromatic N) is 1. The van der Waals surface area contributed by atoms with E-state index in [-0.39, 0.29) is 11.2 Å². The van der Waals surface area contributed by atoms with Crippen LogP contribution in [0.15, 0.2) is 30.5 Å². The minimum atomic E-state index is -2.01. The van der Waals surface area contributed by atoms with E-state index < -0.39 is 13.3 Å². The number of benzene rings is 1. The Morgan fingerprint density at radius 2 is 1.78 bits per heavy atom. The van der Waals surface area contributed by atoms with Gasteiger partial charge in [0.2, 0.25) is 0 Å². The molecule has 0 saturated heterocycles. The topological polar surface area (TPSA) is 12.9 Å². The second kappa shape index (κ2) is 6.39. The van der Waals surface area contributed by atoms with E-state index in [1.54, 1.807) is 13.0 Å². The molecule has 1 nitrogen and oxygen atoms in total. The molecule has 0 aliphatic heterocycles. The van der Waals surface area contributed by atoms with Crippen LogP contribution in [0.25, 0.3) is 11.3 Å². The Bertz CT molecular complexity index is 709. The zero-order valence-electron chi connectivity index (χ0n) is 15.4. The Kier molecular flexibility index (Phi) is 5.05. The van der Waals surface area contributed by atoms with Gasteiger partial charge in [-0.3, -0.25) is 0 Å². The number of hydrogen-bond acceptors (Lipinski definition) is 1. The van der Waals surface area contributed by atoms with Crippen molar-refractivity contribution in [1.82, 2.24) is 4.98 Å². The molecule has 0 aliphatic rings. The molecule has 0 aliphatic carbocycles. The SMILES string of the molecule is Cc1cccc(-c2cc(CC(C)(C)C)[c]([Ge]([CH3])([CH3])[CH3])cn2)c1F. The van der Waals surface area contributed by atoms with E-state index in [0.29, 0.717) is 11.1 Å². The van der Waals surface area contributed by atoms with E-state index in [1.807, 2.05) is 18.3 Å². The van der Waals surface area contributed by atoms with E-state index in [2.05, 4.69) is 49.1 Å². The molecule has 2 rings (SSSR count). The molecule has 0 amide bonds. The first-order chi connectivity index (χ1) is 10.5. The van der Waals surface area contributed by atoms with Crippen LogP contribution in [0.5, 0.6) is 0 Å². The third-order valence-corrected chi connectivity index (χ3v) is 8.32. The molecule has 0 bridgehead atoms. The van der Waals surface area contributed by atoms with Crippen molar-refractivity contribution in [1.29, 1.82) is 0 Å². The zero-order chi connectivity index (χ0) is 17.4. The van der Waals surface area contributed by atoms with E-state index in [4.69, 9.17) is 0 Å². The van der Waals surface area contributed by atoms with Crippen molar-refractivity contribution in [3.63, 3.8) is 0 Å². The zero-order valence-corrected chi connectivity index (χ0v) is 17.5. The van der Waals surface area contributed by atoms with Crippen LogP contribution in [0.1, 0.15) is 31.9 Å². The molecule has 0 saturated carbocycles. The molecule has 0 unspecified atom stereocenters. The van der Waals surface area contributed by atoms with Gasteiger partial charge >= 0.3 is 142 Å². The molecule has 0 atom stereocenters. The van der Waals surface area contributed by atoms with Gasteiger partial charge in [0.05, 0.1) is 0 Å². The van der Waals surface area contributed by atoms with Crippen molar-refractivity contribution in [2.75, 3.05) is 0 Å². The molecular weight excluding hydrogens is 346 g/mol. The first kappa shape index (κ1) is 18.2. The summed E-state index contributed by atoms with van der Waals surface area (Å²) in [7, 11) is 0. The monoisotopic (exact) mass is 375 g/mol. The predicted molar refractivity (Wildman–Crippen MR) is 101 cm³/mol. The third kappa shape index (κ3) is 4.44. The average Bonchev–Trinajstić information content (AvgIpc) is 2.38. The van der Waals surface area contributed by atoms with Gasteiger partial charge in [0, 0.05) is 0 Å². The molecule has 0 radical (unpaired) electrons. The normalized spacial score (nSPS) is 12.5. The summed E-state index contributed by atoms with van der Waals surface area (Å²) in [4.78, 5) is 4.61. The molecule has 2 aromatic rings. The van der Waals surface area contributed by atoms with Gasteiger partial charge in [0.15, 0.2) is 0 Å². The van der Waals surface area contributed by atoms with Crippen LogP contribution in [0.2, 0.25) is 17.3 Å². The van der Waals surface area contributed by atoms with Crippen LogP contribution in [-0.4, -0.2) is 18.3 Å². The van der Waals surface area contributed by atoms with Crippen molar-refractivity contribution in [2.45, 2.75) is 51.4 Å². The average molecular weight is 374 g/mol. The van der Waals surface area contributed by atoms with Gasteiger partial charge in [-0.1, -0.05) is 0 Å². The number of aryl methyl sites for hydroxylation is 1. The Morgan fingerprint density at radius 1 is 1.13 bits per heavy atom. The third-order valence-electron chi connectivity index (χ3n) is 3.99. The minimum absolute atomic E-state index is 0.160. The van der Waals surface area contributed by atoms with Crippen LogP contribution in [0, 0.1) is 18.2 Å². The number of rotatable bonds is 3. The van der Waals surface area contributed by atoms with Crippen molar-refractivity contribution < 1.29 is 4.39 Å². The van der Waals surface area contributed by atoms with Crippen LogP contribution in [0.4, 0.5) is 4.39 Å². The van der Waals surface area contributed by atoms with E-state index >= 15 is 0 Å². The Balaban J connectivity index is 2.60. The van der Waals surface area contributed by atoms with Gasteiger partial charge in [0.25, 0.3) is 0 Å². The molecule has 1 aromatic heterocycles. The Hall–Kier alpha value is -1.16. The summed E-state index contributed by atoms with van der Waals surface area (Å²) in [5.74, 6) is 6.99. The Morgan fingerprint density at radius 3 is 2.35 bits per heavy atom. The molecule has 3 heteroatoms. The van der Waals surface area contributed by atoms with Gasteiger partial charge in [-0.05, 0) is 0 Å². The maximum absolute atomic E-state index is 14.5. The summed E-state index contributed by atoms with van der Waals surface area (Å²) >= 11 is -2.01. The standard InChI is InChI=1S/C20H28FGeN/c1-14-9-8-10-16(19(14)21)18-11-15(12-20(2,3)4)17(13-23-18)22(5,6)7/h8-11,13H,12H2,1-7H3. The number of halogens is 1. The summed E-state index contributed by atoms with van der Waals surface area (Å²) in [5, 5.41) is 0. The number of aromatic nitrogens is 1. The van der Waals surface area contributed by atoms with Crippen molar-refractivity contribution in [3.05, 3.63) is 47.4 Å². The molecule has 0 spiro atoms. The summed E-state index contributed by atoms with van der Waals surface area (Å²) < 4.78 is 15.9.